The van der Waals surface area contributed by atoms with Crippen LogP contribution < -0.4 is 5.32 Å². The van der Waals surface area contributed by atoms with E-state index in [1.807, 2.05) is 0 Å². The Balaban J connectivity index is 1.76. The second-order valence-electron chi connectivity index (χ2n) is 7.07. The maximum atomic E-state index is 5.73. The largest absolute Gasteiger partial charge is 0.381 e. The van der Waals surface area contributed by atoms with Crippen LogP contribution in [0.25, 0.3) is 0 Å². The summed E-state index contributed by atoms with van der Waals surface area (Å²) < 4.78 is 5.73. The fourth-order valence-electron chi connectivity index (χ4n) is 3.71. The monoisotopic (exact) mass is 282 g/mol. The van der Waals surface area contributed by atoms with Gasteiger partial charge in [0.25, 0.3) is 0 Å². The molecule has 0 aliphatic carbocycles. The van der Waals surface area contributed by atoms with Gasteiger partial charge in [0.15, 0.2) is 0 Å². The minimum Gasteiger partial charge on any atom is -0.381 e. The summed E-state index contributed by atoms with van der Waals surface area (Å²) in [5.74, 6) is 2.49. The van der Waals surface area contributed by atoms with Gasteiger partial charge >= 0.3 is 0 Å². The number of nitrogens with one attached hydrogen (secondary N) is 1. The van der Waals surface area contributed by atoms with Crippen LogP contribution in [0, 0.1) is 17.8 Å². The van der Waals surface area contributed by atoms with E-state index in [4.69, 9.17) is 4.74 Å². The van der Waals surface area contributed by atoms with E-state index in [0.29, 0.717) is 12.0 Å². The van der Waals surface area contributed by atoms with Gasteiger partial charge in [0.1, 0.15) is 0 Å². The molecule has 20 heavy (non-hydrogen) atoms. The molecule has 0 bridgehead atoms. The van der Waals surface area contributed by atoms with Crippen molar-refractivity contribution in [1.29, 1.82) is 0 Å². The molecule has 3 nitrogen and oxygen atoms in total. The Hall–Kier alpha value is -0.120. The summed E-state index contributed by atoms with van der Waals surface area (Å²) in [5, 5.41) is 3.73. The SMILES string of the molecule is CCCNC1CCOCC1CN1CCC(C(C)C)CC1. The number of piperidine rings is 1. The molecule has 0 radical (unpaired) electrons. The Kier molecular flexibility index (Phi) is 6.79. The third-order valence-corrected chi connectivity index (χ3v) is 5.20. The third kappa shape index (κ3) is 4.71. The Labute approximate surface area is 125 Å². The molecule has 2 saturated heterocycles. The molecule has 3 heteroatoms. The molecule has 0 aromatic rings. The van der Waals surface area contributed by atoms with Crippen molar-refractivity contribution in [3.8, 4) is 0 Å². The summed E-state index contributed by atoms with van der Waals surface area (Å²) in [5.41, 5.74) is 0. The lowest BCUT2D eigenvalue weighted by Gasteiger charge is -2.39. The first kappa shape index (κ1) is 16.3. The summed E-state index contributed by atoms with van der Waals surface area (Å²) in [4.78, 5) is 2.68. The van der Waals surface area contributed by atoms with E-state index in [1.165, 1.54) is 45.3 Å². The molecule has 0 aromatic heterocycles. The molecule has 2 aliphatic rings. The molecule has 1 N–H and O–H groups in total. The molecular weight excluding hydrogens is 248 g/mol. The van der Waals surface area contributed by atoms with Crippen molar-refractivity contribution in [2.75, 3.05) is 39.4 Å². The predicted molar refractivity (Wildman–Crippen MR) is 85.0 cm³/mol. The fourth-order valence-corrected chi connectivity index (χ4v) is 3.71. The lowest BCUT2D eigenvalue weighted by molar-refractivity contribution is 0.0105. The zero-order valence-electron chi connectivity index (χ0n) is 13.7. The van der Waals surface area contributed by atoms with Gasteiger partial charge in [-0.25, -0.2) is 0 Å². The Morgan fingerprint density at radius 1 is 1.20 bits per heavy atom. The number of hydrogen-bond donors (Lipinski definition) is 1. The van der Waals surface area contributed by atoms with Crippen LogP contribution in [-0.2, 0) is 4.74 Å². The molecular formula is C17H34N2O. The van der Waals surface area contributed by atoms with Crippen molar-refractivity contribution in [2.24, 2.45) is 17.8 Å². The smallest absolute Gasteiger partial charge is 0.0521 e. The van der Waals surface area contributed by atoms with E-state index in [2.05, 4.69) is 31.0 Å². The van der Waals surface area contributed by atoms with Gasteiger partial charge in [-0.3, -0.25) is 0 Å². The van der Waals surface area contributed by atoms with Crippen LogP contribution in [0.2, 0.25) is 0 Å². The van der Waals surface area contributed by atoms with Gasteiger partial charge in [-0.15, -0.1) is 0 Å². The van der Waals surface area contributed by atoms with Gasteiger partial charge in [-0.05, 0) is 57.2 Å². The average Bonchev–Trinajstić information content (AvgIpc) is 2.47. The molecule has 0 aromatic carbocycles. The zero-order chi connectivity index (χ0) is 14.4. The van der Waals surface area contributed by atoms with Gasteiger partial charge in [-0.1, -0.05) is 20.8 Å². The Morgan fingerprint density at radius 2 is 1.95 bits per heavy atom. The summed E-state index contributed by atoms with van der Waals surface area (Å²) in [6.07, 6.45) is 5.19. The average molecular weight is 282 g/mol. The molecule has 2 heterocycles. The molecule has 0 spiro atoms. The van der Waals surface area contributed by atoms with Gasteiger partial charge in [0.05, 0.1) is 6.61 Å². The first-order valence-corrected chi connectivity index (χ1v) is 8.74. The summed E-state index contributed by atoms with van der Waals surface area (Å²) in [7, 11) is 0. The van der Waals surface area contributed by atoms with Crippen LogP contribution in [0.3, 0.4) is 0 Å². The number of likely N-dealkylation sites (tertiary alicyclic amines) is 1. The molecule has 0 saturated carbocycles. The minimum absolute atomic E-state index is 0.673. The highest BCUT2D eigenvalue weighted by Crippen LogP contribution is 2.26. The van der Waals surface area contributed by atoms with Gasteiger partial charge < -0.3 is 15.0 Å². The molecule has 118 valence electrons. The van der Waals surface area contributed by atoms with Crippen LogP contribution in [0.1, 0.15) is 46.5 Å². The number of rotatable bonds is 6. The molecule has 2 fully saturated rings. The van der Waals surface area contributed by atoms with Crippen LogP contribution in [0.4, 0.5) is 0 Å². The van der Waals surface area contributed by atoms with Gasteiger partial charge in [0.2, 0.25) is 0 Å². The first-order valence-electron chi connectivity index (χ1n) is 8.74. The van der Waals surface area contributed by atoms with E-state index >= 15 is 0 Å². The standard InChI is InChI=1S/C17H34N2O/c1-4-8-18-17-7-11-20-13-16(17)12-19-9-5-15(6-10-19)14(2)3/h14-18H,4-13H2,1-3H3. The molecule has 2 unspecified atom stereocenters. The zero-order valence-corrected chi connectivity index (χ0v) is 13.7. The predicted octanol–water partition coefficient (Wildman–Crippen LogP) is 2.76. The topological polar surface area (TPSA) is 24.5 Å². The Bertz CT molecular complexity index is 262. The highest BCUT2D eigenvalue weighted by atomic mass is 16.5. The third-order valence-electron chi connectivity index (χ3n) is 5.20. The van der Waals surface area contributed by atoms with Crippen LogP contribution in [-0.4, -0.2) is 50.3 Å². The van der Waals surface area contributed by atoms with Gasteiger partial charge in [0, 0.05) is 25.1 Å². The maximum absolute atomic E-state index is 5.73. The molecule has 2 atom stereocenters. The van der Waals surface area contributed by atoms with Crippen molar-refractivity contribution in [3.05, 3.63) is 0 Å². The summed E-state index contributed by atoms with van der Waals surface area (Å²) in [6.45, 7) is 13.8. The number of ether oxygens (including phenoxy) is 1. The maximum Gasteiger partial charge on any atom is 0.0521 e. The lowest BCUT2D eigenvalue weighted by atomic mass is 9.86. The normalized spacial score (nSPS) is 30.0. The van der Waals surface area contributed by atoms with Crippen molar-refractivity contribution in [3.63, 3.8) is 0 Å². The van der Waals surface area contributed by atoms with Crippen LogP contribution >= 0.6 is 0 Å². The summed E-state index contributed by atoms with van der Waals surface area (Å²) in [6, 6.07) is 0.673. The number of hydrogen-bond acceptors (Lipinski definition) is 3. The Morgan fingerprint density at radius 3 is 2.60 bits per heavy atom. The minimum atomic E-state index is 0.673. The van der Waals surface area contributed by atoms with Crippen LogP contribution in [0.5, 0.6) is 0 Å². The molecule has 0 amide bonds. The van der Waals surface area contributed by atoms with Crippen molar-refractivity contribution < 1.29 is 4.74 Å². The molecule has 2 aliphatic heterocycles. The highest BCUT2D eigenvalue weighted by Gasteiger charge is 2.29. The molecule has 2 rings (SSSR count). The first-order chi connectivity index (χ1) is 9.70. The lowest BCUT2D eigenvalue weighted by Crippen LogP contribution is -2.49. The van der Waals surface area contributed by atoms with E-state index in [9.17, 15) is 0 Å². The second kappa shape index (κ2) is 8.35. The van der Waals surface area contributed by atoms with E-state index < -0.39 is 0 Å². The van der Waals surface area contributed by atoms with Crippen LogP contribution in [0.15, 0.2) is 0 Å². The number of nitrogens with zero attached hydrogens (tertiary/aromatic N) is 1. The van der Waals surface area contributed by atoms with Crippen molar-refractivity contribution in [1.82, 2.24) is 10.2 Å². The van der Waals surface area contributed by atoms with E-state index in [0.717, 1.165) is 31.6 Å². The highest BCUT2D eigenvalue weighted by molar-refractivity contribution is 4.84. The van der Waals surface area contributed by atoms with Gasteiger partial charge in [-0.2, -0.15) is 0 Å². The van der Waals surface area contributed by atoms with Crippen molar-refractivity contribution >= 4 is 0 Å². The summed E-state index contributed by atoms with van der Waals surface area (Å²) >= 11 is 0. The quantitative estimate of drug-likeness (QED) is 0.811. The second-order valence-corrected chi connectivity index (χ2v) is 7.07. The van der Waals surface area contributed by atoms with E-state index in [1.54, 1.807) is 0 Å². The van der Waals surface area contributed by atoms with E-state index in [-0.39, 0.29) is 0 Å². The fraction of sp³-hybridized carbons (Fsp3) is 1.00. The van der Waals surface area contributed by atoms with Crippen molar-refractivity contribution in [2.45, 2.75) is 52.5 Å².